The standard InChI is InChI=1S/C15H17F3N4O2/c1-8-11-5-9(6-19-14(11)24-21-8)13(23)20-10-3-4-12(15(16,17)18)22(2)7-10/h5-6,10,12H,3-4,7H2,1-2H3,(H,20,23)/t10-,12-/m1/s1. The second-order valence-corrected chi connectivity index (χ2v) is 6.09. The number of fused-ring (bicyclic) bond motifs is 1. The minimum atomic E-state index is -4.25. The Balaban J connectivity index is 1.67. The van der Waals surface area contributed by atoms with Gasteiger partial charge in [0.05, 0.1) is 16.6 Å². The van der Waals surface area contributed by atoms with E-state index in [9.17, 15) is 18.0 Å². The van der Waals surface area contributed by atoms with Gasteiger partial charge < -0.3 is 9.84 Å². The lowest BCUT2D eigenvalue weighted by Crippen LogP contribution is -2.54. The van der Waals surface area contributed by atoms with Crippen LogP contribution in [0.1, 0.15) is 28.9 Å². The predicted molar refractivity (Wildman–Crippen MR) is 79.5 cm³/mol. The van der Waals surface area contributed by atoms with E-state index < -0.39 is 12.2 Å². The number of aromatic nitrogens is 2. The molecule has 0 radical (unpaired) electrons. The summed E-state index contributed by atoms with van der Waals surface area (Å²) in [6.07, 6.45) is -2.63. The van der Waals surface area contributed by atoms with Crippen LogP contribution in [0.4, 0.5) is 13.2 Å². The number of rotatable bonds is 2. The molecule has 0 aliphatic carbocycles. The topological polar surface area (TPSA) is 71.3 Å². The third-order valence-corrected chi connectivity index (χ3v) is 4.31. The molecule has 3 heterocycles. The number of likely N-dealkylation sites (tertiary alicyclic amines) is 1. The van der Waals surface area contributed by atoms with E-state index in [1.165, 1.54) is 18.1 Å². The number of aryl methyl sites for hydroxylation is 1. The second kappa shape index (κ2) is 6.04. The van der Waals surface area contributed by atoms with E-state index in [0.717, 1.165) is 0 Å². The van der Waals surface area contributed by atoms with Crippen molar-refractivity contribution < 1.29 is 22.5 Å². The number of likely N-dealkylation sites (N-methyl/N-ethyl adjacent to an activating group) is 1. The van der Waals surface area contributed by atoms with Crippen LogP contribution in [0.2, 0.25) is 0 Å². The molecule has 1 amide bonds. The number of pyridine rings is 1. The zero-order valence-corrected chi connectivity index (χ0v) is 13.2. The first-order chi connectivity index (χ1) is 11.3. The van der Waals surface area contributed by atoms with E-state index >= 15 is 0 Å². The molecule has 1 fully saturated rings. The van der Waals surface area contributed by atoms with Crippen molar-refractivity contribution in [3.8, 4) is 0 Å². The summed E-state index contributed by atoms with van der Waals surface area (Å²) in [6.45, 7) is 1.89. The van der Waals surface area contributed by atoms with E-state index in [2.05, 4.69) is 15.5 Å². The van der Waals surface area contributed by atoms with Gasteiger partial charge in [0, 0.05) is 18.8 Å². The number of halogens is 3. The fraction of sp³-hybridized carbons (Fsp3) is 0.533. The summed E-state index contributed by atoms with van der Waals surface area (Å²) >= 11 is 0. The quantitative estimate of drug-likeness (QED) is 0.907. The summed E-state index contributed by atoms with van der Waals surface area (Å²) in [6, 6.07) is -0.169. The summed E-state index contributed by atoms with van der Waals surface area (Å²) < 4.78 is 43.5. The molecule has 1 aliphatic rings. The van der Waals surface area contributed by atoms with E-state index in [0.29, 0.717) is 22.4 Å². The molecule has 9 heteroatoms. The number of piperidine rings is 1. The predicted octanol–water partition coefficient (Wildman–Crippen LogP) is 2.29. The lowest BCUT2D eigenvalue weighted by molar-refractivity contribution is -0.188. The first-order valence-corrected chi connectivity index (χ1v) is 7.55. The van der Waals surface area contributed by atoms with Crippen molar-refractivity contribution in [1.82, 2.24) is 20.4 Å². The average molecular weight is 342 g/mol. The summed E-state index contributed by atoms with van der Waals surface area (Å²) in [7, 11) is 1.42. The minimum absolute atomic E-state index is 0.0347. The van der Waals surface area contributed by atoms with Crippen LogP contribution in [-0.2, 0) is 0 Å². The Labute approximate surface area is 136 Å². The molecular weight excluding hydrogens is 325 g/mol. The number of carbonyl (C=O) groups is 1. The highest BCUT2D eigenvalue weighted by molar-refractivity contribution is 5.97. The molecule has 2 atom stereocenters. The van der Waals surface area contributed by atoms with Crippen LogP contribution < -0.4 is 5.32 Å². The molecule has 2 aromatic heterocycles. The van der Waals surface area contributed by atoms with Crippen molar-refractivity contribution in [2.75, 3.05) is 13.6 Å². The van der Waals surface area contributed by atoms with Crippen molar-refractivity contribution >= 4 is 17.0 Å². The van der Waals surface area contributed by atoms with Gasteiger partial charge in [-0.3, -0.25) is 9.69 Å². The highest BCUT2D eigenvalue weighted by atomic mass is 19.4. The summed E-state index contributed by atoms with van der Waals surface area (Å²) in [4.78, 5) is 17.6. The van der Waals surface area contributed by atoms with Crippen molar-refractivity contribution in [2.45, 2.75) is 38.0 Å². The number of hydrogen-bond donors (Lipinski definition) is 1. The van der Waals surface area contributed by atoms with Crippen LogP contribution in [0.25, 0.3) is 11.1 Å². The molecule has 0 bridgehead atoms. The van der Waals surface area contributed by atoms with Crippen LogP contribution in [0.5, 0.6) is 0 Å². The largest absolute Gasteiger partial charge is 0.404 e. The first-order valence-electron chi connectivity index (χ1n) is 7.55. The lowest BCUT2D eigenvalue weighted by atomic mass is 9.98. The van der Waals surface area contributed by atoms with Crippen molar-refractivity contribution in [3.05, 3.63) is 23.5 Å². The normalized spacial score (nSPS) is 22.7. The van der Waals surface area contributed by atoms with Crippen molar-refractivity contribution in [3.63, 3.8) is 0 Å². The third-order valence-electron chi connectivity index (χ3n) is 4.31. The van der Waals surface area contributed by atoms with Gasteiger partial charge >= 0.3 is 6.18 Å². The molecule has 0 spiro atoms. The molecule has 3 rings (SSSR count). The smallest absolute Gasteiger partial charge is 0.348 e. The van der Waals surface area contributed by atoms with Crippen molar-refractivity contribution in [2.24, 2.45) is 0 Å². The minimum Gasteiger partial charge on any atom is -0.348 e. The maximum absolute atomic E-state index is 12.8. The molecule has 2 aromatic rings. The Morgan fingerprint density at radius 2 is 2.17 bits per heavy atom. The number of nitrogens with one attached hydrogen (secondary N) is 1. The van der Waals surface area contributed by atoms with Gasteiger partial charge in [0.25, 0.3) is 11.6 Å². The van der Waals surface area contributed by atoms with Gasteiger partial charge in [-0.2, -0.15) is 13.2 Å². The molecule has 6 nitrogen and oxygen atoms in total. The SMILES string of the molecule is Cc1noc2ncc(C(=O)N[C@@H]3CC[C@H](C(F)(F)F)N(C)C3)cc12. The van der Waals surface area contributed by atoms with Crippen molar-refractivity contribution in [1.29, 1.82) is 0 Å². The van der Waals surface area contributed by atoms with Gasteiger partial charge in [0.15, 0.2) is 0 Å². The van der Waals surface area contributed by atoms with Gasteiger partial charge in [-0.05, 0) is 32.9 Å². The Morgan fingerprint density at radius 3 is 2.83 bits per heavy atom. The molecule has 24 heavy (non-hydrogen) atoms. The van der Waals surface area contributed by atoms with Crippen LogP contribution >= 0.6 is 0 Å². The summed E-state index contributed by atoms with van der Waals surface area (Å²) in [5.74, 6) is -0.367. The Kier molecular flexibility index (Phi) is 4.20. The maximum atomic E-state index is 12.8. The molecule has 1 N–H and O–H groups in total. The van der Waals surface area contributed by atoms with Gasteiger partial charge in [-0.15, -0.1) is 0 Å². The van der Waals surface area contributed by atoms with Crippen LogP contribution in [-0.4, -0.2) is 52.8 Å². The first kappa shape index (κ1) is 16.7. The number of carbonyl (C=O) groups excluding carboxylic acids is 1. The zero-order valence-electron chi connectivity index (χ0n) is 13.2. The highest BCUT2D eigenvalue weighted by Crippen LogP contribution is 2.31. The second-order valence-electron chi connectivity index (χ2n) is 6.09. The van der Waals surface area contributed by atoms with Gasteiger partial charge in [-0.1, -0.05) is 5.16 Å². The Morgan fingerprint density at radius 1 is 1.42 bits per heavy atom. The van der Waals surface area contributed by atoms with Gasteiger partial charge in [-0.25, -0.2) is 4.98 Å². The van der Waals surface area contributed by atoms with Gasteiger partial charge in [0.1, 0.15) is 6.04 Å². The average Bonchev–Trinajstić information content (AvgIpc) is 2.87. The summed E-state index contributed by atoms with van der Waals surface area (Å²) in [5, 5.41) is 7.19. The number of alkyl halides is 3. The molecule has 1 saturated heterocycles. The third kappa shape index (κ3) is 3.21. The van der Waals surface area contributed by atoms with E-state index in [1.807, 2.05) is 0 Å². The van der Waals surface area contributed by atoms with Crippen LogP contribution in [0.15, 0.2) is 16.8 Å². The number of hydrogen-bond acceptors (Lipinski definition) is 5. The van der Waals surface area contributed by atoms with E-state index in [1.54, 1.807) is 13.0 Å². The van der Waals surface area contributed by atoms with Crippen LogP contribution in [0, 0.1) is 6.92 Å². The molecule has 0 unspecified atom stereocenters. The lowest BCUT2D eigenvalue weighted by Gasteiger charge is -2.38. The zero-order chi connectivity index (χ0) is 17.5. The molecule has 1 aliphatic heterocycles. The van der Waals surface area contributed by atoms with Crippen LogP contribution in [0.3, 0.4) is 0 Å². The summed E-state index contributed by atoms with van der Waals surface area (Å²) in [5.41, 5.74) is 1.29. The molecule has 0 saturated carbocycles. The maximum Gasteiger partial charge on any atom is 0.404 e. The fourth-order valence-corrected chi connectivity index (χ4v) is 3.01. The number of amides is 1. The highest BCUT2D eigenvalue weighted by Gasteiger charge is 2.44. The fourth-order valence-electron chi connectivity index (χ4n) is 3.01. The monoisotopic (exact) mass is 342 g/mol. The molecule has 130 valence electrons. The van der Waals surface area contributed by atoms with E-state index in [-0.39, 0.29) is 31.3 Å². The van der Waals surface area contributed by atoms with E-state index in [4.69, 9.17) is 4.52 Å². The Hall–Kier alpha value is -2.16. The Bertz CT molecular complexity index is 759. The molecular formula is C15H17F3N4O2. The number of nitrogens with zero attached hydrogens (tertiary/aromatic N) is 3. The van der Waals surface area contributed by atoms with Gasteiger partial charge in [0.2, 0.25) is 0 Å². The molecule has 0 aromatic carbocycles.